The van der Waals surface area contributed by atoms with Gasteiger partial charge >= 0.3 is 0 Å². The van der Waals surface area contributed by atoms with Crippen molar-refractivity contribution in [2.24, 2.45) is 5.10 Å². The molecular weight excluding hydrogens is 340 g/mol. The van der Waals surface area contributed by atoms with Crippen LogP contribution in [0.15, 0.2) is 78.2 Å². The molecular formula is C21H22N4O2. The third kappa shape index (κ3) is 5.22. The first-order chi connectivity index (χ1) is 13.1. The molecule has 6 nitrogen and oxygen atoms in total. The van der Waals surface area contributed by atoms with E-state index in [1.54, 1.807) is 6.21 Å². The zero-order valence-electron chi connectivity index (χ0n) is 15.4. The summed E-state index contributed by atoms with van der Waals surface area (Å²) in [6, 6.07) is 19.5. The topological polar surface area (TPSA) is 58.9 Å². The number of hydrogen-bond acceptors (Lipinski definition) is 4. The third-order valence-electron chi connectivity index (χ3n) is 3.88. The molecule has 0 atom stereocenters. The minimum Gasteiger partial charge on any atom is -0.484 e. The van der Waals surface area contributed by atoms with E-state index in [4.69, 9.17) is 4.74 Å². The second-order valence-electron chi connectivity index (χ2n) is 6.16. The van der Waals surface area contributed by atoms with Gasteiger partial charge in [-0.3, -0.25) is 4.79 Å². The summed E-state index contributed by atoms with van der Waals surface area (Å²) in [6.45, 7) is -0.0980. The van der Waals surface area contributed by atoms with Crippen LogP contribution in [0.5, 0.6) is 5.75 Å². The van der Waals surface area contributed by atoms with Gasteiger partial charge in [-0.05, 0) is 30.3 Å². The molecule has 0 fully saturated rings. The van der Waals surface area contributed by atoms with Crippen molar-refractivity contribution in [3.8, 4) is 11.4 Å². The number of benzene rings is 2. The van der Waals surface area contributed by atoms with Crippen LogP contribution in [-0.2, 0) is 4.79 Å². The molecule has 0 radical (unpaired) electrons. The normalized spacial score (nSPS) is 10.7. The first-order valence-electron chi connectivity index (χ1n) is 8.57. The van der Waals surface area contributed by atoms with Crippen molar-refractivity contribution in [1.82, 2.24) is 9.99 Å². The minimum absolute atomic E-state index is 0.0980. The number of ether oxygens (including phenoxy) is 1. The molecule has 0 unspecified atom stereocenters. The average Bonchev–Trinajstić information content (AvgIpc) is 3.16. The summed E-state index contributed by atoms with van der Waals surface area (Å²) in [6.07, 6.45) is 5.48. The highest BCUT2D eigenvalue weighted by molar-refractivity contribution is 5.82. The zero-order valence-corrected chi connectivity index (χ0v) is 15.4. The lowest BCUT2D eigenvalue weighted by Gasteiger charge is -2.13. The Balaban J connectivity index is 1.49. The number of carbonyl (C=O) groups is 1. The Morgan fingerprint density at radius 1 is 1.15 bits per heavy atom. The van der Waals surface area contributed by atoms with Crippen molar-refractivity contribution in [3.63, 3.8) is 0 Å². The SMILES string of the molecule is CN(C)c1cccc(OCC(=O)N/N=C/c2ccn(-c3ccccc3)c2)c1. The van der Waals surface area contributed by atoms with Gasteiger partial charge in [-0.25, -0.2) is 5.43 Å². The fourth-order valence-corrected chi connectivity index (χ4v) is 2.46. The van der Waals surface area contributed by atoms with Gasteiger partial charge in [-0.2, -0.15) is 5.10 Å². The zero-order chi connectivity index (χ0) is 19.1. The molecule has 1 aromatic heterocycles. The van der Waals surface area contributed by atoms with Crippen molar-refractivity contribution in [1.29, 1.82) is 0 Å². The summed E-state index contributed by atoms with van der Waals surface area (Å²) < 4.78 is 7.50. The molecule has 1 amide bonds. The van der Waals surface area contributed by atoms with Gasteiger partial charge in [-0.15, -0.1) is 0 Å². The van der Waals surface area contributed by atoms with Crippen LogP contribution in [0.4, 0.5) is 5.69 Å². The monoisotopic (exact) mass is 362 g/mol. The van der Waals surface area contributed by atoms with E-state index >= 15 is 0 Å². The highest BCUT2D eigenvalue weighted by Crippen LogP contribution is 2.19. The van der Waals surface area contributed by atoms with E-state index in [1.165, 1.54) is 0 Å². The summed E-state index contributed by atoms with van der Waals surface area (Å²) in [4.78, 5) is 13.9. The lowest BCUT2D eigenvalue weighted by molar-refractivity contribution is -0.123. The van der Waals surface area contributed by atoms with E-state index in [9.17, 15) is 4.79 Å². The van der Waals surface area contributed by atoms with Crippen molar-refractivity contribution in [2.45, 2.75) is 0 Å². The Morgan fingerprint density at radius 3 is 2.74 bits per heavy atom. The van der Waals surface area contributed by atoms with E-state index in [0.29, 0.717) is 5.75 Å². The van der Waals surface area contributed by atoms with Gasteiger partial charge in [0.05, 0.1) is 6.21 Å². The molecule has 1 N–H and O–H groups in total. The van der Waals surface area contributed by atoms with E-state index in [2.05, 4.69) is 10.5 Å². The van der Waals surface area contributed by atoms with Gasteiger partial charge in [0.1, 0.15) is 5.75 Å². The fraction of sp³-hybridized carbons (Fsp3) is 0.143. The second kappa shape index (κ2) is 8.71. The largest absolute Gasteiger partial charge is 0.484 e. The average molecular weight is 362 g/mol. The van der Waals surface area contributed by atoms with Gasteiger partial charge in [0, 0.05) is 49.5 Å². The predicted octanol–water partition coefficient (Wildman–Crippen LogP) is 3.07. The quantitative estimate of drug-likeness (QED) is 0.519. The lowest BCUT2D eigenvalue weighted by Crippen LogP contribution is -2.24. The van der Waals surface area contributed by atoms with Crippen molar-refractivity contribution in [2.75, 3.05) is 25.6 Å². The number of rotatable bonds is 7. The van der Waals surface area contributed by atoms with Crippen LogP contribution in [0.1, 0.15) is 5.56 Å². The number of para-hydroxylation sites is 1. The maximum atomic E-state index is 11.9. The van der Waals surface area contributed by atoms with Crippen LogP contribution in [0, 0.1) is 0 Å². The van der Waals surface area contributed by atoms with Gasteiger partial charge < -0.3 is 14.2 Å². The molecule has 138 valence electrons. The van der Waals surface area contributed by atoms with E-state index < -0.39 is 0 Å². The number of aromatic nitrogens is 1. The predicted molar refractivity (Wildman–Crippen MR) is 108 cm³/mol. The highest BCUT2D eigenvalue weighted by Gasteiger charge is 2.03. The molecule has 0 aliphatic carbocycles. The number of nitrogens with one attached hydrogen (secondary N) is 1. The van der Waals surface area contributed by atoms with Gasteiger partial charge in [0.15, 0.2) is 6.61 Å². The van der Waals surface area contributed by atoms with E-state index in [0.717, 1.165) is 16.9 Å². The smallest absolute Gasteiger partial charge is 0.277 e. The molecule has 2 aromatic carbocycles. The number of nitrogens with zero attached hydrogens (tertiary/aromatic N) is 3. The highest BCUT2D eigenvalue weighted by atomic mass is 16.5. The molecule has 27 heavy (non-hydrogen) atoms. The lowest BCUT2D eigenvalue weighted by atomic mass is 10.3. The summed E-state index contributed by atoms with van der Waals surface area (Å²) in [7, 11) is 3.90. The Bertz CT molecular complexity index is 917. The molecule has 0 bridgehead atoms. The fourth-order valence-electron chi connectivity index (χ4n) is 2.46. The van der Waals surface area contributed by atoms with Gasteiger partial charge in [0.2, 0.25) is 0 Å². The van der Waals surface area contributed by atoms with Gasteiger partial charge in [0.25, 0.3) is 5.91 Å². The molecule has 3 rings (SSSR count). The first-order valence-corrected chi connectivity index (χ1v) is 8.57. The standard InChI is InChI=1S/C21H22N4O2/c1-24(2)19-9-6-10-20(13-19)27-16-21(26)23-22-14-17-11-12-25(15-17)18-7-4-3-5-8-18/h3-15H,16H2,1-2H3,(H,23,26)/b22-14+. The summed E-state index contributed by atoms with van der Waals surface area (Å²) in [5, 5.41) is 3.98. The van der Waals surface area contributed by atoms with E-state index in [-0.39, 0.29) is 12.5 Å². The first kappa shape index (κ1) is 18.3. The molecule has 0 aliphatic heterocycles. The van der Waals surface area contributed by atoms with Crippen molar-refractivity contribution < 1.29 is 9.53 Å². The van der Waals surface area contributed by atoms with E-state index in [1.807, 2.05) is 96.6 Å². The molecule has 0 saturated carbocycles. The van der Waals surface area contributed by atoms with Crippen LogP contribution in [0.3, 0.4) is 0 Å². The molecule has 0 aliphatic rings. The van der Waals surface area contributed by atoms with Crippen LogP contribution in [-0.4, -0.2) is 37.4 Å². The van der Waals surface area contributed by atoms with Crippen molar-refractivity contribution >= 4 is 17.8 Å². The number of anilines is 1. The summed E-state index contributed by atoms with van der Waals surface area (Å²) in [5.74, 6) is 0.323. The summed E-state index contributed by atoms with van der Waals surface area (Å²) >= 11 is 0. The van der Waals surface area contributed by atoms with Gasteiger partial charge in [-0.1, -0.05) is 24.3 Å². The third-order valence-corrected chi connectivity index (χ3v) is 3.88. The maximum Gasteiger partial charge on any atom is 0.277 e. The minimum atomic E-state index is -0.316. The maximum absolute atomic E-state index is 11.9. The van der Waals surface area contributed by atoms with Crippen LogP contribution in [0.2, 0.25) is 0 Å². The van der Waals surface area contributed by atoms with Crippen LogP contribution in [0.25, 0.3) is 5.69 Å². The van der Waals surface area contributed by atoms with Crippen LogP contribution >= 0.6 is 0 Å². The molecule has 3 aromatic rings. The molecule has 0 saturated heterocycles. The Labute approximate surface area is 158 Å². The number of hydrazone groups is 1. The Kier molecular flexibility index (Phi) is 5.89. The summed E-state index contributed by atoms with van der Waals surface area (Å²) in [5.41, 5.74) is 5.43. The number of hydrogen-bond donors (Lipinski definition) is 1. The van der Waals surface area contributed by atoms with Crippen molar-refractivity contribution in [3.05, 3.63) is 78.6 Å². The molecule has 0 spiro atoms. The number of amides is 1. The molecule has 1 heterocycles. The second-order valence-corrected chi connectivity index (χ2v) is 6.16. The number of carbonyl (C=O) groups excluding carboxylic acids is 1. The molecule has 6 heteroatoms. The Hall–Kier alpha value is -3.54. The van der Waals surface area contributed by atoms with Crippen LogP contribution < -0.4 is 15.1 Å². The Morgan fingerprint density at radius 2 is 1.96 bits per heavy atom.